The largest absolute Gasteiger partial charge is 0.481 e. The van der Waals surface area contributed by atoms with Gasteiger partial charge in [0.05, 0.1) is 17.3 Å². The van der Waals surface area contributed by atoms with E-state index in [1.807, 2.05) is 51.1 Å². The average molecular weight is 357 g/mol. The summed E-state index contributed by atoms with van der Waals surface area (Å²) in [5.41, 5.74) is 2.14. The zero-order valence-electron chi connectivity index (χ0n) is 14.5. The number of carbonyl (C=O) groups is 1. The van der Waals surface area contributed by atoms with Crippen molar-refractivity contribution in [1.82, 2.24) is 9.97 Å². The zero-order valence-corrected chi connectivity index (χ0v) is 15.3. The molecular formula is C18H19N3O3S. The van der Waals surface area contributed by atoms with Gasteiger partial charge in [-0.3, -0.25) is 5.32 Å². The van der Waals surface area contributed by atoms with Crippen molar-refractivity contribution in [2.24, 2.45) is 0 Å². The van der Waals surface area contributed by atoms with E-state index < -0.39 is 11.7 Å². The molecule has 6 nitrogen and oxygen atoms in total. The van der Waals surface area contributed by atoms with Gasteiger partial charge >= 0.3 is 6.09 Å². The molecule has 0 bridgehead atoms. The Hall–Kier alpha value is -2.67. The Bertz CT molecular complexity index is 915. The van der Waals surface area contributed by atoms with Crippen LogP contribution >= 0.6 is 11.3 Å². The molecule has 0 aliphatic heterocycles. The van der Waals surface area contributed by atoms with Crippen molar-refractivity contribution >= 4 is 32.8 Å². The van der Waals surface area contributed by atoms with E-state index >= 15 is 0 Å². The van der Waals surface area contributed by atoms with Crippen molar-refractivity contribution in [3.05, 3.63) is 36.5 Å². The first-order valence-electron chi connectivity index (χ1n) is 7.76. The van der Waals surface area contributed by atoms with Gasteiger partial charge in [0, 0.05) is 11.8 Å². The first-order valence-corrected chi connectivity index (χ1v) is 8.57. The summed E-state index contributed by atoms with van der Waals surface area (Å²) in [6, 6.07) is 9.69. The molecule has 0 aliphatic rings. The molecule has 2 aromatic heterocycles. The molecule has 25 heavy (non-hydrogen) atoms. The number of nitrogens with one attached hydrogen (secondary N) is 1. The van der Waals surface area contributed by atoms with Crippen LogP contribution in [0.25, 0.3) is 21.3 Å². The Morgan fingerprint density at radius 1 is 1.24 bits per heavy atom. The molecule has 0 fully saturated rings. The van der Waals surface area contributed by atoms with Gasteiger partial charge < -0.3 is 9.47 Å². The predicted molar refractivity (Wildman–Crippen MR) is 99.3 cm³/mol. The summed E-state index contributed by atoms with van der Waals surface area (Å²) in [4.78, 5) is 20.5. The maximum Gasteiger partial charge on any atom is 0.413 e. The van der Waals surface area contributed by atoms with Crippen molar-refractivity contribution < 1.29 is 14.3 Å². The lowest BCUT2D eigenvalue weighted by Crippen LogP contribution is -2.27. The van der Waals surface area contributed by atoms with Gasteiger partial charge in [-0.2, -0.15) is 0 Å². The first-order chi connectivity index (χ1) is 11.9. The number of carbonyl (C=O) groups excluding carboxylic acids is 1. The van der Waals surface area contributed by atoms with Gasteiger partial charge in [-0.15, -0.1) is 0 Å². The summed E-state index contributed by atoms with van der Waals surface area (Å²) < 4.78 is 11.5. The molecule has 0 atom stereocenters. The number of thiazole rings is 1. The van der Waals surface area contributed by atoms with Gasteiger partial charge in [-0.1, -0.05) is 17.4 Å². The lowest BCUT2D eigenvalue weighted by atomic mass is 10.1. The maximum atomic E-state index is 11.9. The Kier molecular flexibility index (Phi) is 4.59. The topological polar surface area (TPSA) is 73.3 Å². The third-order valence-corrected chi connectivity index (χ3v) is 4.21. The van der Waals surface area contributed by atoms with E-state index in [0.717, 1.165) is 21.3 Å². The Morgan fingerprint density at radius 2 is 2.04 bits per heavy atom. The SMILES string of the molecule is COc1ncccc1-c1ccc2nc(NC(=O)OC(C)(C)C)sc2c1. The van der Waals surface area contributed by atoms with Crippen LogP contribution in [-0.2, 0) is 4.74 Å². The highest BCUT2D eigenvalue weighted by molar-refractivity contribution is 7.22. The molecule has 0 saturated carbocycles. The number of aromatic nitrogens is 2. The van der Waals surface area contributed by atoms with Gasteiger partial charge in [0.15, 0.2) is 5.13 Å². The smallest absolute Gasteiger partial charge is 0.413 e. The van der Waals surface area contributed by atoms with Crippen LogP contribution in [0.2, 0.25) is 0 Å². The summed E-state index contributed by atoms with van der Waals surface area (Å²) in [7, 11) is 1.60. The van der Waals surface area contributed by atoms with Crippen molar-refractivity contribution in [1.29, 1.82) is 0 Å². The number of methoxy groups -OCH3 is 1. The minimum Gasteiger partial charge on any atom is -0.481 e. The van der Waals surface area contributed by atoms with Gasteiger partial charge in [-0.05, 0) is 50.6 Å². The van der Waals surface area contributed by atoms with E-state index in [4.69, 9.17) is 9.47 Å². The minimum absolute atomic E-state index is 0.500. The summed E-state index contributed by atoms with van der Waals surface area (Å²) in [6.07, 6.45) is 1.18. The monoisotopic (exact) mass is 357 g/mol. The number of anilines is 1. The summed E-state index contributed by atoms with van der Waals surface area (Å²) >= 11 is 1.39. The van der Waals surface area contributed by atoms with Crippen LogP contribution in [-0.4, -0.2) is 28.8 Å². The second kappa shape index (κ2) is 6.68. The molecule has 7 heteroatoms. The summed E-state index contributed by atoms with van der Waals surface area (Å²) in [5, 5.41) is 3.18. The van der Waals surface area contributed by atoms with E-state index in [-0.39, 0.29) is 0 Å². The van der Waals surface area contributed by atoms with E-state index in [0.29, 0.717) is 11.0 Å². The van der Waals surface area contributed by atoms with Crippen molar-refractivity contribution in [2.75, 3.05) is 12.4 Å². The molecule has 1 aromatic carbocycles. The molecule has 0 unspecified atom stereocenters. The second-order valence-electron chi connectivity index (χ2n) is 6.39. The summed E-state index contributed by atoms with van der Waals surface area (Å²) in [5.74, 6) is 0.568. The number of pyridine rings is 1. The van der Waals surface area contributed by atoms with E-state index in [1.165, 1.54) is 11.3 Å². The van der Waals surface area contributed by atoms with Crippen LogP contribution in [0, 0.1) is 0 Å². The molecule has 0 radical (unpaired) electrons. The summed E-state index contributed by atoms with van der Waals surface area (Å²) in [6.45, 7) is 5.45. The van der Waals surface area contributed by atoms with E-state index in [9.17, 15) is 4.79 Å². The maximum absolute atomic E-state index is 11.9. The predicted octanol–water partition coefficient (Wildman–Crippen LogP) is 4.71. The highest BCUT2D eigenvalue weighted by Gasteiger charge is 2.17. The molecule has 1 N–H and O–H groups in total. The second-order valence-corrected chi connectivity index (χ2v) is 7.42. The molecule has 0 saturated heterocycles. The Morgan fingerprint density at radius 3 is 2.76 bits per heavy atom. The lowest BCUT2D eigenvalue weighted by molar-refractivity contribution is 0.0636. The zero-order chi connectivity index (χ0) is 18.0. The molecule has 130 valence electrons. The van der Waals surface area contributed by atoms with Gasteiger partial charge in [0.2, 0.25) is 5.88 Å². The number of amides is 1. The fraction of sp³-hybridized carbons (Fsp3) is 0.278. The number of nitrogens with zero attached hydrogens (tertiary/aromatic N) is 2. The van der Waals surface area contributed by atoms with E-state index in [1.54, 1.807) is 13.3 Å². The fourth-order valence-electron chi connectivity index (χ4n) is 2.31. The fourth-order valence-corrected chi connectivity index (χ4v) is 3.20. The molecule has 1 amide bonds. The van der Waals surface area contributed by atoms with Gasteiger partial charge in [-0.25, -0.2) is 14.8 Å². The number of rotatable bonds is 3. The van der Waals surface area contributed by atoms with Crippen molar-refractivity contribution in [3.8, 4) is 17.0 Å². The number of hydrogen-bond acceptors (Lipinski definition) is 6. The van der Waals surface area contributed by atoms with Crippen LogP contribution in [0.3, 0.4) is 0 Å². The highest BCUT2D eigenvalue weighted by Crippen LogP contribution is 2.33. The third-order valence-electron chi connectivity index (χ3n) is 3.27. The van der Waals surface area contributed by atoms with Crippen LogP contribution in [0.15, 0.2) is 36.5 Å². The van der Waals surface area contributed by atoms with Gasteiger partial charge in [0.25, 0.3) is 0 Å². The number of fused-ring (bicyclic) bond motifs is 1. The molecule has 3 rings (SSSR count). The molecule has 0 spiro atoms. The number of benzene rings is 1. The van der Waals surface area contributed by atoms with E-state index in [2.05, 4.69) is 15.3 Å². The van der Waals surface area contributed by atoms with Crippen LogP contribution < -0.4 is 10.1 Å². The van der Waals surface area contributed by atoms with Crippen molar-refractivity contribution in [3.63, 3.8) is 0 Å². The van der Waals surface area contributed by atoms with Crippen molar-refractivity contribution in [2.45, 2.75) is 26.4 Å². The number of ether oxygens (including phenoxy) is 2. The minimum atomic E-state index is -0.551. The van der Waals surface area contributed by atoms with Gasteiger partial charge in [0.1, 0.15) is 5.60 Å². The number of hydrogen-bond donors (Lipinski definition) is 1. The molecular weight excluding hydrogens is 338 g/mol. The molecule has 0 aliphatic carbocycles. The molecule has 3 aromatic rings. The Labute approximate surface area is 149 Å². The highest BCUT2D eigenvalue weighted by atomic mass is 32.1. The normalized spacial score (nSPS) is 11.4. The standard InChI is InChI=1S/C18H19N3O3S/c1-18(2,3)24-17(22)21-16-20-13-8-7-11(10-14(13)25-16)12-6-5-9-19-15(12)23-4/h5-10H,1-4H3,(H,20,21,22). The van der Waals surface area contributed by atoms with Crippen LogP contribution in [0.5, 0.6) is 5.88 Å². The van der Waals surface area contributed by atoms with Crippen LogP contribution in [0.4, 0.5) is 9.93 Å². The Balaban J connectivity index is 1.88. The average Bonchev–Trinajstić information content (AvgIpc) is 2.93. The lowest BCUT2D eigenvalue weighted by Gasteiger charge is -2.18. The third kappa shape index (κ3) is 4.06. The quantitative estimate of drug-likeness (QED) is 0.734. The molecule has 2 heterocycles. The van der Waals surface area contributed by atoms with Crippen LogP contribution in [0.1, 0.15) is 20.8 Å². The first kappa shape index (κ1) is 17.2.